The minimum atomic E-state index is -4.65. The summed E-state index contributed by atoms with van der Waals surface area (Å²) in [6.07, 6.45) is 0.421. The summed E-state index contributed by atoms with van der Waals surface area (Å²) in [5.74, 6) is -0.0758. The van der Waals surface area contributed by atoms with Crippen LogP contribution in [0.1, 0.15) is 55.1 Å². The average Bonchev–Trinajstić information content (AvgIpc) is 3.69. The average molecular weight is 657 g/mol. The number of rotatable bonds is 13. The van der Waals surface area contributed by atoms with Crippen LogP contribution in [0, 0.1) is 0 Å². The highest BCUT2D eigenvalue weighted by molar-refractivity contribution is 6.05. The molecule has 1 N–H and O–H groups in total. The molecular formula is C31H35F3N8O5. The van der Waals surface area contributed by atoms with Gasteiger partial charge in [-0.15, -0.1) is 0 Å². The van der Waals surface area contributed by atoms with Crippen LogP contribution < -0.4 is 16.1 Å². The number of ether oxygens (including phenoxy) is 1. The lowest BCUT2D eigenvalue weighted by Gasteiger charge is -2.24. The molecule has 1 aliphatic rings. The second kappa shape index (κ2) is 14.3. The van der Waals surface area contributed by atoms with E-state index in [2.05, 4.69) is 19.9 Å². The van der Waals surface area contributed by atoms with Crippen molar-refractivity contribution in [3.05, 3.63) is 68.8 Å². The van der Waals surface area contributed by atoms with Gasteiger partial charge in [-0.1, -0.05) is 6.92 Å². The van der Waals surface area contributed by atoms with E-state index in [1.54, 1.807) is 24.1 Å². The number of amides is 2. The Kier molecular flexibility index (Phi) is 10.2. The number of aryl methyl sites for hydroxylation is 1. The Morgan fingerprint density at radius 1 is 1.02 bits per heavy atom. The summed E-state index contributed by atoms with van der Waals surface area (Å²) in [7, 11) is 1.54. The van der Waals surface area contributed by atoms with Crippen molar-refractivity contribution >= 4 is 28.8 Å². The van der Waals surface area contributed by atoms with Gasteiger partial charge in [0, 0.05) is 70.8 Å². The highest BCUT2D eigenvalue weighted by atomic mass is 19.4. The highest BCUT2D eigenvalue weighted by Crippen LogP contribution is 2.28. The molecule has 0 atom stereocenters. The number of hydrogen-bond acceptors (Lipinski definition) is 8. The molecule has 0 unspecified atom stereocenters. The Hall–Kier alpha value is -4.86. The van der Waals surface area contributed by atoms with Gasteiger partial charge in [0.15, 0.2) is 5.65 Å². The molecule has 13 nitrogen and oxygen atoms in total. The number of likely N-dealkylation sites (tertiary alicyclic amines) is 1. The molecule has 1 saturated heterocycles. The Morgan fingerprint density at radius 2 is 1.83 bits per heavy atom. The lowest BCUT2D eigenvalue weighted by atomic mass is 10.2. The summed E-state index contributed by atoms with van der Waals surface area (Å²) in [6, 6.07) is 5.00. The molecule has 4 aromatic heterocycles. The van der Waals surface area contributed by atoms with Gasteiger partial charge in [-0.05, 0) is 49.9 Å². The van der Waals surface area contributed by atoms with Crippen molar-refractivity contribution in [3.8, 4) is 11.4 Å². The standard InChI is InChI=1S/C31H35F3N8O5/c1-3-12-41-27-25(29(45)42(30(41)46)16-6-17-47-2)37-26(38-27)20-9-11-23(36-18-20)40(15-5-14-39-13-4-7-24(39)43)28(44)21-8-10-22(35-19-21)31(32,33)34/h8-11,18-19H,3-7,12-17H2,1-2H3,(H,37,38). The molecule has 0 aliphatic carbocycles. The summed E-state index contributed by atoms with van der Waals surface area (Å²) < 4.78 is 46.9. The van der Waals surface area contributed by atoms with Gasteiger partial charge in [0.1, 0.15) is 22.9 Å². The third-order valence-electron chi connectivity index (χ3n) is 7.86. The van der Waals surface area contributed by atoms with Gasteiger partial charge < -0.3 is 14.6 Å². The zero-order valence-corrected chi connectivity index (χ0v) is 26.0. The Labute approximate surface area is 267 Å². The number of nitrogens with one attached hydrogen (secondary N) is 1. The first-order valence-corrected chi connectivity index (χ1v) is 15.3. The molecule has 0 aromatic carbocycles. The lowest BCUT2D eigenvalue weighted by Crippen LogP contribution is -2.40. The van der Waals surface area contributed by atoms with Crippen molar-refractivity contribution in [1.29, 1.82) is 0 Å². The molecule has 47 heavy (non-hydrogen) atoms. The van der Waals surface area contributed by atoms with Crippen molar-refractivity contribution in [3.63, 3.8) is 0 Å². The predicted octanol–water partition coefficient (Wildman–Crippen LogP) is 3.47. The third kappa shape index (κ3) is 7.26. The van der Waals surface area contributed by atoms with E-state index in [0.717, 1.165) is 29.3 Å². The second-order valence-electron chi connectivity index (χ2n) is 11.2. The Morgan fingerprint density at radius 3 is 2.45 bits per heavy atom. The van der Waals surface area contributed by atoms with Crippen LogP contribution >= 0.6 is 0 Å². The molecule has 1 fully saturated rings. The van der Waals surface area contributed by atoms with E-state index < -0.39 is 29.0 Å². The summed E-state index contributed by atoms with van der Waals surface area (Å²) >= 11 is 0. The zero-order chi connectivity index (χ0) is 33.7. The zero-order valence-electron chi connectivity index (χ0n) is 26.0. The minimum Gasteiger partial charge on any atom is -0.385 e. The predicted molar refractivity (Wildman–Crippen MR) is 166 cm³/mol. The molecule has 5 heterocycles. The molecule has 0 bridgehead atoms. The molecule has 16 heteroatoms. The number of H-pyrrole nitrogens is 1. The first-order chi connectivity index (χ1) is 22.5. The topological polar surface area (TPSA) is 148 Å². The first-order valence-electron chi connectivity index (χ1n) is 15.3. The van der Waals surface area contributed by atoms with Gasteiger partial charge in [-0.25, -0.2) is 14.8 Å². The van der Waals surface area contributed by atoms with E-state index >= 15 is 0 Å². The SMILES string of the molecule is CCCn1c(=O)n(CCCOC)c(=O)c2[nH]c(-c3ccc(N(CCCN4CCCC4=O)C(=O)c4ccc(C(F)(F)F)nc4)nc3)nc21. The summed E-state index contributed by atoms with van der Waals surface area (Å²) in [6.45, 7) is 3.99. The monoisotopic (exact) mass is 656 g/mol. The molecular weight excluding hydrogens is 621 g/mol. The van der Waals surface area contributed by atoms with Gasteiger partial charge in [-0.3, -0.25) is 33.4 Å². The maximum atomic E-state index is 13.6. The molecule has 0 radical (unpaired) electrons. The second-order valence-corrected chi connectivity index (χ2v) is 11.2. The van der Waals surface area contributed by atoms with Gasteiger partial charge in [0.25, 0.3) is 11.5 Å². The van der Waals surface area contributed by atoms with Gasteiger partial charge in [0.2, 0.25) is 5.91 Å². The van der Waals surface area contributed by atoms with Gasteiger partial charge in [-0.2, -0.15) is 13.2 Å². The van der Waals surface area contributed by atoms with E-state index in [4.69, 9.17) is 4.74 Å². The lowest BCUT2D eigenvalue weighted by molar-refractivity contribution is -0.141. The smallest absolute Gasteiger partial charge is 0.385 e. The summed E-state index contributed by atoms with van der Waals surface area (Å²) in [4.78, 5) is 70.6. The van der Waals surface area contributed by atoms with Crippen molar-refractivity contribution in [1.82, 2.24) is 34.0 Å². The number of nitrogens with zero attached hydrogens (tertiary/aromatic N) is 7. The molecule has 5 rings (SSSR count). The number of methoxy groups -OCH3 is 1. The van der Waals surface area contributed by atoms with Crippen LogP contribution in [0.2, 0.25) is 0 Å². The maximum Gasteiger partial charge on any atom is 0.433 e. The fourth-order valence-electron chi connectivity index (χ4n) is 5.50. The van der Waals surface area contributed by atoms with Crippen LogP contribution in [-0.4, -0.2) is 79.1 Å². The van der Waals surface area contributed by atoms with E-state index in [-0.39, 0.29) is 47.4 Å². The number of halogens is 3. The quantitative estimate of drug-likeness (QED) is 0.215. The minimum absolute atomic E-state index is 0.0363. The molecule has 2 amide bonds. The van der Waals surface area contributed by atoms with E-state index in [1.165, 1.54) is 15.7 Å². The number of carbonyl (C=O) groups excluding carboxylic acids is 2. The number of anilines is 1. The van der Waals surface area contributed by atoms with Crippen LogP contribution in [0.4, 0.5) is 19.0 Å². The number of fused-ring (bicyclic) bond motifs is 1. The van der Waals surface area contributed by atoms with Crippen LogP contribution in [-0.2, 0) is 28.8 Å². The number of imidazole rings is 1. The van der Waals surface area contributed by atoms with Crippen LogP contribution in [0.5, 0.6) is 0 Å². The Balaban J connectivity index is 1.45. The van der Waals surface area contributed by atoms with Crippen molar-refractivity contribution in [2.24, 2.45) is 0 Å². The fourth-order valence-corrected chi connectivity index (χ4v) is 5.50. The van der Waals surface area contributed by atoms with Crippen LogP contribution in [0.25, 0.3) is 22.6 Å². The number of pyridine rings is 2. The first kappa shape index (κ1) is 33.5. The van der Waals surface area contributed by atoms with Gasteiger partial charge in [0.05, 0.1) is 5.56 Å². The number of alkyl halides is 3. The number of aromatic amines is 1. The molecule has 0 saturated carbocycles. The summed E-state index contributed by atoms with van der Waals surface area (Å²) in [5, 5.41) is 0. The fraction of sp³-hybridized carbons (Fsp3) is 0.452. The van der Waals surface area contributed by atoms with Crippen molar-refractivity contribution in [2.45, 2.75) is 58.3 Å². The van der Waals surface area contributed by atoms with Crippen molar-refractivity contribution < 1.29 is 27.5 Å². The Bertz CT molecular complexity index is 1850. The molecule has 250 valence electrons. The van der Waals surface area contributed by atoms with E-state index in [1.807, 2.05) is 6.92 Å². The van der Waals surface area contributed by atoms with Crippen LogP contribution in [0.15, 0.2) is 46.2 Å². The van der Waals surface area contributed by atoms with Crippen molar-refractivity contribution in [2.75, 3.05) is 38.3 Å². The van der Waals surface area contributed by atoms with Gasteiger partial charge >= 0.3 is 11.9 Å². The number of aromatic nitrogens is 6. The highest BCUT2D eigenvalue weighted by Gasteiger charge is 2.33. The third-order valence-corrected chi connectivity index (χ3v) is 7.86. The van der Waals surface area contributed by atoms with Crippen LogP contribution in [0.3, 0.4) is 0 Å². The maximum absolute atomic E-state index is 13.6. The van der Waals surface area contributed by atoms with E-state index in [9.17, 15) is 32.3 Å². The largest absolute Gasteiger partial charge is 0.433 e. The van der Waals surface area contributed by atoms with E-state index in [0.29, 0.717) is 57.5 Å². The number of hydrogen-bond donors (Lipinski definition) is 1. The molecule has 4 aromatic rings. The molecule has 0 spiro atoms. The summed E-state index contributed by atoms with van der Waals surface area (Å²) in [5.41, 5.74) is -1.30. The molecule has 1 aliphatic heterocycles. The number of carbonyl (C=O) groups is 2. The normalized spacial score (nSPS) is 13.6.